The molecule has 6 rings (SSSR count). The first-order valence-electron chi connectivity index (χ1n) is 12.4. The Morgan fingerprint density at radius 3 is 2.69 bits per heavy atom. The van der Waals surface area contributed by atoms with Crippen LogP contribution in [-0.2, 0) is 0 Å². The van der Waals surface area contributed by atoms with Gasteiger partial charge in [-0.3, -0.25) is 9.48 Å². The molecule has 9 heteroatoms. The van der Waals surface area contributed by atoms with Crippen LogP contribution in [0.2, 0.25) is 5.02 Å². The molecule has 2 unspecified atom stereocenters. The lowest BCUT2D eigenvalue weighted by atomic mass is 9.74. The molecule has 2 N–H and O–H groups in total. The van der Waals surface area contributed by atoms with Crippen molar-refractivity contribution in [3.63, 3.8) is 0 Å². The molecule has 1 saturated heterocycles. The highest BCUT2D eigenvalue weighted by molar-refractivity contribution is 6.30. The molecule has 184 valence electrons. The summed E-state index contributed by atoms with van der Waals surface area (Å²) in [5, 5.41) is 27.4. The molecule has 3 aliphatic rings. The molecule has 1 amide bonds. The lowest BCUT2D eigenvalue weighted by Gasteiger charge is -2.36. The summed E-state index contributed by atoms with van der Waals surface area (Å²) in [6.45, 7) is 2.01. The Morgan fingerprint density at radius 1 is 1.19 bits per heavy atom. The molecule has 0 spiro atoms. The number of nitriles is 1. The smallest absolute Gasteiger partial charge is 0.254 e. The van der Waals surface area contributed by atoms with Crippen molar-refractivity contribution < 1.29 is 9.90 Å². The highest BCUT2D eigenvalue weighted by Gasteiger charge is 2.45. The van der Waals surface area contributed by atoms with E-state index in [0.717, 1.165) is 54.7 Å². The second kappa shape index (κ2) is 9.23. The monoisotopic (exact) mass is 502 g/mol. The maximum Gasteiger partial charge on any atom is 0.254 e. The molecule has 0 bridgehead atoms. The number of benzene rings is 1. The van der Waals surface area contributed by atoms with Gasteiger partial charge in [0.2, 0.25) is 0 Å². The summed E-state index contributed by atoms with van der Waals surface area (Å²) in [6.07, 6.45) is 7.84. The number of carbonyl (C=O) groups excluding carboxylic acids is 1. The minimum Gasteiger partial charge on any atom is -0.394 e. The molecule has 36 heavy (non-hydrogen) atoms. The van der Waals surface area contributed by atoms with E-state index in [1.54, 1.807) is 29.2 Å². The molecule has 1 aliphatic heterocycles. The van der Waals surface area contributed by atoms with E-state index in [2.05, 4.69) is 26.4 Å². The van der Waals surface area contributed by atoms with Gasteiger partial charge >= 0.3 is 0 Å². The van der Waals surface area contributed by atoms with E-state index in [-0.39, 0.29) is 24.5 Å². The Kier molecular flexibility index (Phi) is 5.90. The highest BCUT2D eigenvalue weighted by Crippen LogP contribution is 2.46. The molecule has 2 aliphatic carbocycles. The number of hydrogen-bond acceptors (Lipinski definition) is 6. The number of nitrogens with one attached hydrogen (secondary N) is 1. The number of fused-ring (bicyclic) bond motifs is 1. The molecule has 3 aromatic rings. The lowest BCUT2D eigenvalue weighted by Crippen LogP contribution is -2.43. The average Bonchev–Trinajstić information content (AvgIpc) is 3.23. The average molecular weight is 503 g/mol. The quantitative estimate of drug-likeness (QED) is 0.512. The summed E-state index contributed by atoms with van der Waals surface area (Å²) < 4.78 is 1.62. The number of carbonyl (C=O) groups is 1. The first-order chi connectivity index (χ1) is 17.5. The SMILES string of the molecule is N#Cc1ccc(Cl)cc1C1CC(NC(=O)c2cnn([C@H](CO)c3ccc(N4CC5CC5C4)nc3)c2)C1. The first kappa shape index (κ1) is 23.0. The number of halogens is 1. The predicted molar refractivity (Wildman–Crippen MR) is 135 cm³/mol. The van der Waals surface area contributed by atoms with E-state index in [1.165, 1.54) is 12.6 Å². The third kappa shape index (κ3) is 4.34. The maximum atomic E-state index is 12.8. The number of piperidine rings is 1. The molecule has 2 aromatic heterocycles. The highest BCUT2D eigenvalue weighted by atomic mass is 35.5. The zero-order valence-electron chi connectivity index (χ0n) is 19.7. The van der Waals surface area contributed by atoms with Crippen LogP contribution in [0.4, 0.5) is 5.82 Å². The van der Waals surface area contributed by atoms with Gasteiger partial charge in [0.05, 0.1) is 30.0 Å². The van der Waals surface area contributed by atoms with Gasteiger partial charge in [0.15, 0.2) is 0 Å². The number of hydrogen-bond donors (Lipinski definition) is 2. The zero-order valence-corrected chi connectivity index (χ0v) is 20.5. The number of aromatic nitrogens is 3. The Bertz CT molecular complexity index is 1320. The number of rotatable bonds is 7. The van der Waals surface area contributed by atoms with Gasteiger partial charge in [0.1, 0.15) is 11.9 Å². The lowest BCUT2D eigenvalue weighted by molar-refractivity contribution is 0.0908. The maximum absolute atomic E-state index is 12.8. The Labute approximate surface area is 214 Å². The summed E-state index contributed by atoms with van der Waals surface area (Å²) in [7, 11) is 0. The zero-order chi connectivity index (χ0) is 24.8. The van der Waals surface area contributed by atoms with Crippen LogP contribution in [0.3, 0.4) is 0 Å². The fraction of sp³-hybridized carbons (Fsp3) is 0.407. The van der Waals surface area contributed by atoms with Crippen molar-refractivity contribution in [2.45, 2.75) is 37.3 Å². The molecular weight excluding hydrogens is 476 g/mol. The van der Waals surface area contributed by atoms with Crippen molar-refractivity contribution in [3.05, 3.63) is 76.2 Å². The molecular formula is C27H27ClN6O2. The number of aliphatic hydroxyl groups is 1. The van der Waals surface area contributed by atoms with Crippen molar-refractivity contribution >= 4 is 23.3 Å². The van der Waals surface area contributed by atoms with Crippen LogP contribution in [0.25, 0.3) is 0 Å². The summed E-state index contributed by atoms with van der Waals surface area (Å²) in [5.41, 5.74) is 2.86. The summed E-state index contributed by atoms with van der Waals surface area (Å²) in [6, 6.07) is 11.1. The van der Waals surface area contributed by atoms with Crippen molar-refractivity contribution in [1.82, 2.24) is 20.1 Å². The summed E-state index contributed by atoms with van der Waals surface area (Å²) in [5.74, 6) is 2.65. The van der Waals surface area contributed by atoms with Gasteiger partial charge in [-0.2, -0.15) is 10.4 Å². The van der Waals surface area contributed by atoms with Crippen molar-refractivity contribution in [3.8, 4) is 6.07 Å². The van der Waals surface area contributed by atoms with E-state index >= 15 is 0 Å². The van der Waals surface area contributed by atoms with Crippen LogP contribution < -0.4 is 10.2 Å². The van der Waals surface area contributed by atoms with Crippen LogP contribution >= 0.6 is 11.6 Å². The molecule has 1 aromatic carbocycles. The van der Waals surface area contributed by atoms with Crippen molar-refractivity contribution in [2.75, 3.05) is 24.6 Å². The van der Waals surface area contributed by atoms with Crippen LogP contribution in [0.5, 0.6) is 0 Å². The van der Waals surface area contributed by atoms with Gasteiger partial charge in [-0.1, -0.05) is 17.7 Å². The van der Waals surface area contributed by atoms with E-state index in [1.807, 2.05) is 18.2 Å². The predicted octanol–water partition coefficient (Wildman–Crippen LogP) is 3.52. The number of pyridine rings is 1. The Balaban J connectivity index is 1.07. The van der Waals surface area contributed by atoms with Crippen molar-refractivity contribution in [2.24, 2.45) is 11.8 Å². The van der Waals surface area contributed by atoms with Gasteiger partial charge in [0.25, 0.3) is 5.91 Å². The second-order valence-electron chi connectivity index (χ2n) is 10.2. The Morgan fingerprint density at radius 2 is 2.00 bits per heavy atom. The summed E-state index contributed by atoms with van der Waals surface area (Å²) >= 11 is 6.12. The number of amides is 1. The van der Waals surface area contributed by atoms with Gasteiger partial charge < -0.3 is 15.3 Å². The molecule has 2 saturated carbocycles. The number of anilines is 1. The van der Waals surface area contributed by atoms with Crippen LogP contribution in [0.15, 0.2) is 48.9 Å². The van der Waals surface area contributed by atoms with Gasteiger partial charge in [0, 0.05) is 36.5 Å². The van der Waals surface area contributed by atoms with Crippen LogP contribution in [-0.4, -0.2) is 51.5 Å². The standard InChI is InChI=1S/C27H27ClN6O2/c28-22-3-1-16(9-29)24(8-22)18-6-23(7-18)32-27(36)21-11-31-34(14-21)25(15-35)17-2-4-26(30-10-17)33-12-19-5-20(19)13-33/h1-4,8,10-11,14,18-20,23,25,35H,5-7,12-13,15H2,(H,32,36)/t18?,19?,20?,23?,25-/m1/s1. The van der Waals surface area contributed by atoms with E-state index in [9.17, 15) is 15.2 Å². The van der Waals surface area contributed by atoms with Crippen LogP contribution in [0.1, 0.15) is 58.3 Å². The van der Waals surface area contributed by atoms with Gasteiger partial charge in [-0.15, -0.1) is 0 Å². The topological polar surface area (TPSA) is 107 Å². The van der Waals surface area contributed by atoms with Crippen molar-refractivity contribution in [1.29, 1.82) is 5.26 Å². The third-order valence-corrected chi connectivity index (χ3v) is 8.10. The molecule has 8 nitrogen and oxygen atoms in total. The third-order valence-electron chi connectivity index (χ3n) is 7.86. The van der Waals surface area contributed by atoms with E-state index < -0.39 is 6.04 Å². The van der Waals surface area contributed by atoms with Gasteiger partial charge in [-0.25, -0.2) is 4.98 Å². The van der Waals surface area contributed by atoms with Crippen LogP contribution in [0, 0.1) is 23.2 Å². The number of aliphatic hydroxyl groups excluding tert-OH is 1. The van der Waals surface area contributed by atoms with E-state index in [0.29, 0.717) is 16.1 Å². The number of nitrogens with zero attached hydrogens (tertiary/aromatic N) is 5. The first-order valence-corrected chi connectivity index (χ1v) is 12.8. The fourth-order valence-corrected chi connectivity index (χ4v) is 5.75. The molecule has 3 heterocycles. The minimum absolute atomic E-state index is 0.0263. The molecule has 0 radical (unpaired) electrons. The largest absolute Gasteiger partial charge is 0.394 e. The molecule has 3 fully saturated rings. The van der Waals surface area contributed by atoms with Gasteiger partial charge in [-0.05, 0) is 72.4 Å². The fourth-order valence-electron chi connectivity index (χ4n) is 5.57. The minimum atomic E-state index is -0.416. The normalized spacial score (nSPS) is 25.0. The molecule has 3 atom stereocenters. The van der Waals surface area contributed by atoms with E-state index in [4.69, 9.17) is 11.6 Å². The summed E-state index contributed by atoms with van der Waals surface area (Å²) in [4.78, 5) is 19.8. The Hall–Kier alpha value is -3.41. The second-order valence-corrected chi connectivity index (χ2v) is 10.6.